The van der Waals surface area contributed by atoms with Crippen LogP contribution in [0.1, 0.15) is 24.4 Å². The van der Waals surface area contributed by atoms with Gasteiger partial charge in [-0.1, -0.05) is 38.1 Å². The monoisotopic (exact) mass is 536 g/mol. The Kier molecular flexibility index (Phi) is 7.84. The third kappa shape index (κ3) is 5.87. The Bertz CT molecular complexity index is 1560. The van der Waals surface area contributed by atoms with Gasteiger partial charge < -0.3 is 19.2 Å². The molecule has 1 amide bonds. The molecule has 0 aliphatic heterocycles. The van der Waals surface area contributed by atoms with Crippen molar-refractivity contribution in [1.29, 1.82) is 0 Å². The van der Waals surface area contributed by atoms with E-state index in [1.54, 1.807) is 69.5 Å². The predicted octanol–water partition coefficient (Wildman–Crippen LogP) is 4.84. The number of benzene rings is 3. The lowest BCUT2D eigenvalue weighted by molar-refractivity contribution is -0.143. The van der Waals surface area contributed by atoms with Gasteiger partial charge in [-0.3, -0.25) is 9.59 Å². The molecule has 0 aliphatic rings. The molecule has 4 aromatic rings. The van der Waals surface area contributed by atoms with Crippen LogP contribution >= 0.6 is 0 Å². The van der Waals surface area contributed by atoms with Crippen molar-refractivity contribution in [3.63, 3.8) is 0 Å². The van der Waals surface area contributed by atoms with Gasteiger partial charge in [0.2, 0.25) is 10.0 Å². The zero-order valence-electron chi connectivity index (χ0n) is 21.3. The van der Waals surface area contributed by atoms with Gasteiger partial charge in [-0.15, -0.1) is 0 Å². The first-order chi connectivity index (χ1) is 18.1. The van der Waals surface area contributed by atoms with E-state index in [4.69, 9.17) is 13.9 Å². The van der Waals surface area contributed by atoms with Crippen molar-refractivity contribution >= 4 is 38.6 Å². The van der Waals surface area contributed by atoms with Crippen LogP contribution in [0.15, 0.2) is 82.1 Å². The van der Waals surface area contributed by atoms with Gasteiger partial charge in [-0.05, 0) is 65.6 Å². The summed E-state index contributed by atoms with van der Waals surface area (Å²) < 4.78 is 43.6. The van der Waals surface area contributed by atoms with Crippen LogP contribution in [0.4, 0.5) is 5.69 Å². The zero-order chi connectivity index (χ0) is 27.4. The van der Waals surface area contributed by atoms with Gasteiger partial charge in [0, 0.05) is 11.1 Å². The molecule has 0 saturated carbocycles. The number of carbonyl (C=O) groups is 2. The van der Waals surface area contributed by atoms with Gasteiger partial charge in [-0.25, -0.2) is 8.42 Å². The van der Waals surface area contributed by atoms with Gasteiger partial charge in [0.15, 0.2) is 5.76 Å². The predicted molar refractivity (Wildman–Crippen MR) is 144 cm³/mol. The van der Waals surface area contributed by atoms with E-state index >= 15 is 0 Å². The van der Waals surface area contributed by atoms with E-state index in [0.29, 0.717) is 17.0 Å². The first-order valence-corrected chi connectivity index (χ1v) is 13.3. The number of hydrogen-bond acceptors (Lipinski definition) is 7. The fourth-order valence-corrected chi connectivity index (χ4v) is 5.18. The summed E-state index contributed by atoms with van der Waals surface area (Å²) in [7, 11) is -1.15. The molecule has 10 heteroatoms. The smallest absolute Gasteiger partial charge is 0.324 e. The molecule has 0 aliphatic carbocycles. The highest BCUT2D eigenvalue weighted by atomic mass is 32.2. The maximum Gasteiger partial charge on any atom is 0.324 e. The Labute approximate surface area is 220 Å². The normalized spacial score (nSPS) is 12.3. The van der Waals surface area contributed by atoms with E-state index in [0.717, 1.165) is 16.5 Å². The number of rotatable bonds is 9. The number of hydrogen-bond donors (Lipinski definition) is 2. The molecule has 3 aromatic carbocycles. The minimum Gasteiger partial charge on any atom is -0.497 e. The lowest BCUT2D eigenvalue weighted by atomic mass is 10.1. The number of sulfonamides is 1. The molecule has 0 spiro atoms. The number of ether oxygens (including phenoxy) is 2. The Hall–Kier alpha value is -4.15. The molecule has 0 radical (unpaired) electrons. The van der Waals surface area contributed by atoms with Gasteiger partial charge in [0.25, 0.3) is 5.91 Å². The Balaban J connectivity index is 1.44. The number of furan rings is 1. The van der Waals surface area contributed by atoms with E-state index in [1.807, 2.05) is 12.1 Å². The van der Waals surface area contributed by atoms with Crippen LogP contribution in [-0.4, -0.2) is 40.6 Å². The van der Waals surface area contributed by atoms with E-state index in [2.05, 4.69) is 10.0 Å². The molecule has 1 heterocycles. The van der Waals surface area contributed by atoms with Crippen LogP contribution in [0, 0.1) is 5.92 Å². The molecule has 0 bridgehead atoms. The Morgan fingerprint density at radius 2 is 1.50 bits per heavy atom. The molecule has 0 saturated heterocycles. The second kappa shape index (κ2) is 11.1. The Morgan fingerprint density at radius 3 is 2.08 bits per heavy atom. The summed E-state index contributed by atoms with van der Waals surface area (Å²) in [6, 6.07) is 19.4. The standard InChI is InChI=1S/C28H28N2O7S/c1-17(2)26(28(32)36-4)30-38(33,34)23-12-7-19(8-13-23)18-5-9-21(10-6-18)29-27(31)25-16-20-15-22(35-3)11-14-24(20)37-25/h5-17,26,30H,1-4H3,(H,29,31)/t26-/m0/s1. The van der Waals surface area contributed by atoms with E-state index < -0.39 is 22.0 Å². The fourth-order valence-electron chi connectivity index (χ4n) is 3.84. The third-order valence-electron chi connectivity index (χ3n) is 5.99. The van der Waals surface area contributed by atoms with Crippen molar-refractivity contribution in [1.82, 2.24) is 4.72 Å². The number of anilines is 1. The summed E-state index contributed by atoms with van der Waals surface area (Å²) in [4.78, 5) is 24.7. The van der Waals surface area contributed by atoms with Crippen molar-refractivity contribution in [2.75, 3.05) is 19.5 Å². The quantitative estimate of drug-likeness (QED) is 0.294. The molecule has 198 valence electrons. The van der Waals surface area contributed by atoms with E-state index in [9.17, 15) is 18.0 Å². The molecule has 1 aromatic heterocycles. The van der Waals surface area contributed by atoms with Crippen molar-refractivity contribution < 1.29 is 31.9 Å². The van der Waals surface area contributed by atoms with Crippen molar-refractivity contribution in [3.05, 3.63) is 78.6 Å². The molecular formula is C28H28N2O7S. The van der Waals surface area contributed by atoms with Crippen molar-refractivity contribution in [3.8, 4) is 16.9 Å². The number of methoxy groups -OCH3 is 2. The Morgan fingerprint density at radius 1 is 0.868 bits per heavy atom. The number of esters is 1. The fraction of sp³-hybridized carbons (Fsp3) is 0.214. The van der Waals surface area contributed by atoms with E-state index in [-0.39, 0.29) is 22.5 Å². The van der Waals surface area contributed by atoms with Crippen LogP contribution in [-0.2, 0) is 19.6 Å². The molecular weight excluding hydrogens is 508 g/mol. The number of amides is 1. The topological polar surface area (TPSA) is 124 Å². The van der Waals surface area contributed by atoms with Crippen molar-refractivity contribution in [2.45, 2.75) is 24.8 Å². The number of carbonyl (C=O) groups excluding carboxylic acids is 2. The van der Waals surface area contributed by atoms with Crippen LogP contribution in [0.3, 0.4) is 0 Å². The molecule has 2 N–H and O–H groups in total. The highest BCUT2D eigenvalue weighted by Gasteiger charge is 2.29. The first-order valence-electron chi connectivity index (χ1n) is 11.8. The lowest BCUT2D eigenvalue weighted by Gasteiger charge is -2.19. The first kappa shape index (κ1) is 26.9. The van der Waals surface area contributed by atoms with Gasteiger partial charge in [-0.2, -0.15) is 4.72 Å². The number of fused-ring (bicyclic) bond motifs is 1. The summed E-state index contributed by atoms with van der Waals surface area (Å²) in [5.74, 6) is -0.473. The molecule has 9 nitrogen and oxygen atoms in total. The minimum absolute atomic E-state index is 0.0307. The SMILES string of the molecule is COC(=O)[C@@H](NS(=O)(=O)c1ccc(-c2ccc(NC(=O)c3cc4cc(OC)ccc4o3)cc2)cc1)C(C)C. The molecule has 1 atom stereocenters. The molecule has 0 fully saturated rings. The summed E-state index contributed by atoms with van der Waals surface area (Å²) >= 11 is 0. The second-order valence-electron chi connectivity index (χ2n) is 8.94. The largest absolute Gasteiger partial charge is 0.497 e. The highest BCUT2D eigenvalue weighted by Crippen LogP contribution is 2.26. The summed E-state index contributed by atoms with van der Waals surface area (Å²) in [6.45, 7) is 3.46. The summed E-state index contributed by atoms with van der Waals surface area (Å²) in [5, 5.41) is 3.57. The lowest BCUT2D eigenvalue weighted by Crippen LogP contribution is -2.44. The highest BCUT2D eigenvalue weighted by molar-refractivity contribution is 7.89. The number of nitrogens with one attached hydrogen (secondary N) is 2. The van der Waals surface area contributed by atoms with Crippen LogP contribution in [0.25, 0.3) is 22.1 Å². The average Bonchev–Trinajstić information content (AvgIpc) is 3.35. The molecule has 0 unspecified atom stereocenters. The van der Waals surface area contributed by atoms with Gasteiger partial charge in [0.1, 0.15) is 17.4 Å². The van der Waals surface area contributed by atoms with Gasteiger partial charge >= 0.3 is 5.97 Å². The third-order valence-corrected chi connectivity index (χ3v) is 7.45. The molecule has 38 heavy (non-hydrogen) atoms. The van der Waals surface area contributed by atoms with Crippen LogP contribution in [0.5, 0.6) is 5.75 Å². The van der Waals surface area contributed by atoms with Crippen molar-refractivity contribution in [2.24, 2.45) is 5.92 Å². The molecule has 4 rings (SSSR count). The zero-order valence-corrected chi connectivity index (χ0v) is 22.2. The van der Waals surface area contributed by atoms with Crippen LogP contribution < -0.4 is 14.8 Å². The maximum atomic E-state index is 12.8. The van der Waals surface area contributed by atoms with Gasteiger partial charge in [0.05, 0.1) is 19.1 Å². The average molecular weight is 537 g/mol. The second-order valence-corrected chi connectivity index (χ2v) is 10.7. The van der Waals surface area contributed by atoms with Crippen LogP contribution in [0.2, 0.25) is 0 Å². The summed E-state index contributed by atoms with van der Waals surface area (Å²) in [5.41, 5.74) is 2.76. The van der Waals surface area contributed by atoms with E-state index in [1.165, 1.54) is 19.2 Å². The summed E-state index contributed by atoms with van der Waals surface area (Å²) in [6.07, 6.45) is 0. The minimum atomic E-state index is -3.93. The maximum absolute atomic E-state index is 12.8.